The molecule has 3 heterocycles. The van der Waals surface area contributed by atoms with Crippen molar-refractivity contribution < 1.29 is 9.13 Å². The molecule has 0 bridgehead atoms. The third-order valence-corrected chi connectivity index (χ3v) is 6.36. The molecular formula is C23H22FN5OS. The van der Waals surface area contributed by atoms with Crippen molar-refractivity contribution >= 4 is 22.7 Å². The Morgan fingerprint density at radius 3 is 2.74 bits per heavy atom. The van der Waals surface area contributed by atoms with Crippen LogP contribution in [0.1, 0.15) is 24.4 Å². The van der Waals surface area contributed by atoms with Crippen LogP contribution in [-0.2, 0) is 17.0 Å². The zero-order chi connectivity index (χ0) is 21.2. The number of thioether (sulfide) groups is 1. The van der Waals surface area contributed by atoms with Gasteiger partial charge in [-0.2, -0.15) is 0 Å². The zero-order valence-corrected chi connectivity index (χ0v) is 18.0. The maximum Gasteiger partial charge on any atom is 0.192 e. The van der Waals surface area contributed by atoms with Gasteiger partial charge in [-0.3, -0.25) is 4.57 Å². The summed E-state index contributed by atoms with van der Waals surface area (Å²) in [6.45, 7) is 3.45. The number of ether oxygens (including phenoxy) is 1. The maximum atomic E-state index is 13.4. The first kappa shape index (κ1) is 20.1. The minimum Gasteiger partial charge on any atom is -0.376 e. The first-order valence-corrected chi connectivity index (χ1v) is 11.3. The van der Waals surface area contributed by atoms with Gasteiger partial charge in [0.1, 0.15) is 11.6 Å². The third-order valence-electron chi connectivity index (χ3n) is 5.40. The second-order valence-electron chi connectivity index (χ2n) is 7.59. The van der Waals surface area contributed by atoms with E-state index in [4.69, 9.17) is 9.72 Å². The van der Waals surface area contributed by atoms with Crippen molar-refractivity contribution in [2.45, 2.75) is 43.3 Å². The predicted octanol–water partition coefficient (Wildman–Crippen LogP) is 4.81. The van der Waals surface area contributed by atoms with E-state index in [2.05, 4.69) is 19.7 Å². The van der Waals surface area contributed by atoms with Crippen molar-refractivity contribution in [1.82, 2.24) is 24.7 Å². The van der Waals surface area contributed by atoms with E-state index < -0.39 is 0 Å². The lowest BCUT2D eigenvalue weighted by atomic mass is 10.2. The molecule has 2 aromatic carbocycles. The van der Waals surface area contributed by atoms with Gasteiger partial charge in [0.25, 0.3) is 0 Å². The minimum absolute atomic E-state index is 0.133. The summed E-state index contributed by atoms with van der Waals surface area (Å²) in [7, 11) is 0. The van der Waals surface area contributed by atoms with Crippen LogP contribution in [0.3, 0.4) is 0 Å². The molecule has 5 rings (SSSR count). The van der Waals surface area contributed by atoms with Crippen LogP contribution in [0.2, 0.25) is 0 Å². The van der Waals surface area contributed by atoms with Gasteiger partial charge in [-0.1, -0.05) is 30.0 Å². The van der Waals surface area contributed by atoms with E-state index >= 15 is 0 Å². The molecule has 4 aromatic rings. The van der Waals surface area contributed by atoms with E-state index in [9.17, 15) is 4.39 Å². The number of fused-ring (bicyclic) bond motifs is 1. The van der Waals surface area contributed by atoms with Crippen molar-refractivity contribution in [2.24, 2.45) is 0 Å². The summed E-state index contributed by atoms with van der Waals surface area (Å²) in [5.74, 6) is 1.79. The standard InChI is InChI=1S/C23H22FN5OS/c1-15-19-6-2-3-7-20(19)26-21(25-15)14-31-23-28-27-22(16-8-10-17(24)11-9-16)29(23)13-18-5-4-12-30-18/h2-3,6-11,18H,4-5,12-14H2,1H3. The molecule has 1 aliphatic rings. The molecule has 1 aliphatic heterocycles. The van der Waals surface area contributed by atoms with Crippen LogP contribution in [0.4, 0.5) is 4.39 Å². The molecule has 6 nitrogen and oxygen atoms in total. The van der Waals surface area contributed by atoms with E-state index in [1.807, 2.05) is 31.2 Å². The number of rotatable bonds is 6. The van der Waals surface area contributed by atoms with Crippen LogP contribution < -0.4 is 0 Å². The fourth-order valence-electron chi connectivity index (χ4n) is 3.85. The summed E-state index contributed by atoms with van der Waals surface area (Å²) in [5.41, 5.74) is 2.74. The number of aryl methyl sites for hydroxylation is 1. The smallest absolute Gasteiger partial charge is 0.192 e. The quantitative estimate of drug-likeness (QED) is 0.405. The van der Waals surface area contributed by atoms with E-state index in [-0.39, 0.29) is 11.9 Å². The molecular weight excluding hydrogens is 413 g/mol. The monoisotopic (exact) mass is 435 g/mol. The summed E-state index contributed by atoms with van der Waals surface area (Å²) >= 11 is 1.55. The summed E-state index contributed by atoms with van der Waals surface area (Å²) < 4.78 is 21.3. The highest BCUT2D eigenvalue weighted by molar-refractivity contribution is 7.98. The van der Waals surface area contributed by atoms with E-state index in [0.717, 1.165) is 52.6 Å². The fourth-order valence-corrected chi connectivity index (χ4v) is 4.66. The molecule has 2 aromatic heterocycles. The normalized spacial score (nSPS) is 16.3. The number of halogens is 1. The maximum absolute atomic E-state index is 13.4. The van der Waals surface area contributed by atoms with Gasteiger partial charge in [-0.15, -0.1) is 10.2 Å². The van der Waals surface area contributed by atoms with E-state index in [1.54, 1.807) is 23.9 Å². The molecule has 0 aliphatic carbocycles. The first-order chi connectivity index (χ1) is 15.2. The van der Waals surface area contributed by atoms with Gasteiger partial charge in [-0.05, 0) is 50.1 Å². The van der Waals surface area contributed by atoms with Crippen LogP contribution in [0.25, 0.3) is 22.3 Å². The number of nitrogens with zero attached hydrogens (tertiary/aromatic N) is 5. The molecule has 0 N–H and O–H groups in total. The molecule has 8 heteroatoms. The third kappa shape index (κ3) is 4.31. The number of aromatic nitrogens is 5. The molecule has 158 valence electrons. The van der Waals surface area contributed by atoms with Gasteiger partial charge in [0.15, 0.2) is 11.0 Å². The molecule has 31 heavy (non-hydrogen) atoms. The minimum atomic E-state index is -0.271. The van der Waals surface area contributed by atoms with Crippen molar-refractivity contribution in [2.75, 3.05) is 6.61 Å². The highest BCUT2D eigenvalue weighted by atomic mass is 32.2. The van der Waals surface area contributed by atoms with Crippen LogP contribution in [-0.4, -0.2) is 37.4 Å². The van der Waals surface area contributed by atoms with E-state index in [0.29, 0.717) is 18.1 Å². The Bertz CT molecular complexity index is 1200. The second-order valence-corrected chi connectivity index (χ2v) is 8.53. The highest BCUT2D eigenvalue weighted by Crippen LogP contribution is 2.28. The van der Waals surface area contributed by atoms with Gasteiger partial charge in [-0.25, -0.2) is 14.4 Å². The van der Waals surface area contributed by atoms with Gasteiger partial charge < -0.3 is 4.74 Å². The second kappa shape index (κ2) is 8.72. The average molecular weight is 436 g/mol. The molecule has 0 saturated carbocycles. The Labute approximate surface area is 183 Å². The van der Waals surface area contributed by atoms with E-state index in [1.165, 1.54) is 12.1 Å². The Morgan fingerprint density at radius 1 is 1.10 bits per heavy atom. The molecule has 0 spiro atoms. The molecule has 1 fully saturated rings. The fraction of sp³-hybridized carbons (Fsp3) is 0.304. The number of para-hydroxylation sites is 1. The van der Waals surface area contributed by atoms with Gasteiger partial charge >= 0.3 is 0 Å². The highest BCUT2D eigenvalue weighted by Gasteiger charge is 2.22. The number of hydrogen-bond donors (Lipinski definition) is 0. The van der Waals surface area contributed by atoms with Crippen LogP contribution >= 0.6 is 11.8 Å². The summed E-state index contributed by atoms with van der Waals surface area (Å²) in [5, 5.41) is 10.7. The summed E-state index contributed by atoms with van der Waals surface area (Å²) in [6, 6.07) is 14.4. The van der Waals surface area contributed by atoms with Crippen LogP contribution in [0.15, 0.2) is 53.7 Å². The van der Waals surface area contributed by atoms with Gasteiger partial charge in [0.05, 0.1) is 23.9 Å². The number of benzene rings is 2. The molecule has 1 unspecified atom stereocenters. The lowest BCUT2D eigenvalue weighted by molar-refractivity contribution is 0.0953. The predicted molar refractivity (Wildman–Crippen MR) is 118 cm³/mol. The Balaban J connectivity index is 1.43. The average Bonchev–Trinajstić information content (AvgIpc) is 3.44. The summed E-state index contributed by atoms with van der Waals surface area (Å²) in [6.07, 6.45) is 2.21. The van der Waals surface area contributed by atoms with Crippen molar-refractivity contribution in [3.63, 3.8) is 0 Å². The largest absolute Gasteiger partial charge is 0.376 e. The van der Waals surface area contributed by atoms with Crippen LogP contribution in [0.5, 0.6) is 0 Å². The van der Waals surface area contributed by atoms with Gasteiger partial charge in [0, 0.05) is 23.3 Å². The topological polar surface area (TPSA) is 65.7 Å². The Morgan fingerprint density at radius 2 is 1.94 bits per heavy atom. The lowest BCUT2D eigenvalue weighted by Crippen LogP contribution is -2.16. The van der Waals surface area contributed by atoms with Crippen LogP contribution in [0, 0.1) is 12.7 Å². The van der Waals surface area contributed by atoms with Gasteiger partial charge in [0.2, 0.25) is 0 Å². The zero-order valence-electron chi connectivity index (χ0n) is 17.2. The van der Waals surface area contributed by atoms with Crippen molar-refractivity contribution in [3.05, 3.63) is 65.9 Å². The lowest BCUT2D eigenvalue weighted by Gasteiger charge is -2.14. The van der Waals surface area contributed by atoms with Crippen molar-refractivity contribution in [3.8, 4) is 11.4 Å². The molecule has 0 amide bonds. The Hall–Kier alpha value is -2.84. The Kier molecular flexibility index (Phi) is 5.65. The number of hydrogen-bond acceptors (Lipinski definition) is 6. The molecule has 1 atom stereocenters. The molecule has 0 radical (unpaired) electrons. The summed E-state index contributed by atoms with van der Waals surface area (Å²) in [4.78, 5) is 9.37. The molecule has 1 saturated heterocycles. The first-order valence-electron chi connectivity index (χ1n) is 10.3. The van der Waals surface area contributed by atoms with Crippen molar-refractivity contribution in [1.29, 1.82) is 0 Å². The SMILES string of the molecule is Cc1nc(CSc2nnc(-c3ccc(F)cc3)n2CC2CCCO2)nc2ccccc12.